The quantitative estimate of drug-likeness (QED) is 0.708. The van der Waals surface area contributed by atoms with Crippen LogP contribution in [0, 0.1) is 11.8 Å². The zero-order chi connectivity index (χ0) is 17.1. The number of hydrogen-bond acceptors (Lipinski definition) is 2. The van der Waals surface area contributed by atoms with Crippen LogP contribution in [0.1, 0.15) is 31.8 Å². The van der Waals surface area contributed by atoms with Crippen molar-refractivity contribution < 1.29 is 19.8 Å². The maximum absolute atomic E-state index is 11.2. The molecule has 0 saturated carbocycles. The Hall–Kier alpha value is -3.58. The van der Waals surface area contributed by atoms with Gasteiger partial charge >= 0.3 is 11.9 Å². The van der Waals surface area contributed by atoms with Crippen molar-refractivity contribution in [2.75, 3.05) is 0 Å². The largest absolute Gasteiger partial charge is 0.478 e. The topological polar surface area (TPSA) is 74.6 Å². The Balaban J connectivity index is 1.99. The van der Waals surface area contributed by atoms with Gasteiger partial charge in [-0.3, -0.25) is 0 Å². The summed E-state index contributed by atoms with van der Waals surface area (Å²) in [4.78, 5) is 22.2. The second-order valence-electron chi connectivity index (χ2n) is 5.18. The van der Waals surface area contributed by atoms with Gasteiger partial charge in [0.15, 0.2) is 0 Å². The van der Waals surface area contributed by atoms with Crippen LogP contribution in [0.5, 0.6) is 0 Å². The summed E-state index contributed by atoms with van der Waals surface area (Å²) in [5, 5.41) is 20.3. The first-order valence-electron chi connectivity index (χ1n) is 7.16. The first kappa shape index (κ1) is 15.3. The molecule has 4 nitrogen and oxygen atoms in total. The van der Waals surface area contributed by atoms with Gasteiger partial charge in [-0.05, 0) is 41.1 Å². The third-order valence-electron chi connectivity index (χ3n) is 3.58. The second-order valence-corrected chi connectivity index (χ2v) is 5.18. The van der Waals surface area contributed by atoms with Crippen LogP contribution in [-0.2, 0) is 0 Å². The van der Waals surface area contributed by atoms with Crippen LogP contribution in [0.4, 0.5) is 0 Å². The van der Waals surface area contributed by atoms with Crippen LogP contribution in [0.15, 0.2) is 60.7 Å². The van der Waals surface area contributed by atoms with Gasteiger partial charge in [-0.25, -0.2) is 9.59 Å². The standard InChI is InChI=1S/C20H12O4/c21-19(22)17-10-8-14(12-18(17)20(23)24)6-5-13-7-9-15-3-1-2-4-16(15)11-13/h1-4,7-12H,(H,21,22)(H,23,24). The van der Waals surface area contributed by atoms with E-state index in [4.69, 9.17) is 10.2 Å². The fourth-order valence-corrected chi connectivity index (χ4v) is 2.40. The van der Waals surface area contributed by atoms with E-state index in [0.717, 1.165) is 16.3 Å². The molecule has 116 valence electrons. The van der Waals surface area contributed by atoms with Crippen molar-refractivity contribution >= 4 is 22.7 Å². The molecule has 0 aliphatic heterocycles. The van der Waals surface area contributed by atoms with Crippen molar-refractivity contribution in [3.05, 3.63) is 82.9 Å². The van der Waals surface area contributed by atoms with Gasteiger partial charge in [0.05, 0.1) is 11.1 Å². The van der Waals surface area contributed by atoms with Crippen LogP contribution in [0.25, 0.3) is 10.8 Å². The van der Waals surface area contributed by atoms with E-state index in [1.54, 1.807) is 0 Å². The van der Waals surface area contributed by atoms with Gasteiger partial charge in [-0.15, -0.1) is 0 Å². The van der Waals surface area contributed by atoms with Gasteiger partial charge in [-0.2, -0.15) is 0 Å². The summed E-state index contributed by atoms with van der Waals surface area (Å²) >= 11 is 0. The molecule has 0 unspecified atom stereocenters. The van der Waals surface area contributed by atoms with Crippen molar-refractivity contribution in [3.8, 4) is 11.8 Å². The highest BCUT2D eigenvalue weighted by Crippen LogP contribution is 2.16. The maximum atomic E-state index is 11.2. The molecule has 2 N–H and O–H groups in total. The van der Waals surface area contributed by atoms with Gasteiger partial charge < -0.3 is 10.2 Å². The van der Waals surface area contributed by atoms with Crippen LogP contribution < -0.4 is 0 Å². The molecule has 0 atom stereocenters. The number of carboxylic acids is 2. The maximum Gasteiger partial charge on any atom is 0.336 e. The molecule has 0 fully saturated rings. The predicted molar refractivity (Wildman–Crippen MR) is 90.3 cm³/mol. The minimum atomic E-state index is -1.29. The van der Waals surface area contributed by atoms with Crippen molar-refractivity contribution in [2.24, 2.45) is 0 Å². The highest BCUT2D eigenvalue weighted by molar-refractivity contribution is 6.02. The number of hydrogen-bond donors (Lipinski definition) is 2. The molecule has 24 heavy (non-hydrogen) atoms. The Labute approximate surface area is 138 Å². The molecule has 4 heteroatoms. The lowest BCUT2D eigenvalue weighted by Gasteiger charge is -2.01. The molecule has 0 bridgehead atoms. The molecular weight excluding hydrogens is 304 g/mol. The summed E-state index contributed by atoms with van der Waals surface area (Å²) in [6.45, 7) is 0. The van der Waals surface area contributed by atoms with Crippen molar-refractivity contribution in [1.82, 2.24) is 0 Å². The molecule has 3 aromatic carbocycles. The molecule has 0 heterocycles. The van der Waals surface area contributed by atoms with Gasteiger partial charge in [0.2, 0.25) is 0 Å². The van der Waals surface area contributed by atoms with Crippen molar-refractivity contribution in [3.63, 3.8) is 0 Å². The first-order chi connectivity index (χ1) is 11.5. The highest BCUT2D eigenvalue weighted by atomic mass is 16.4. The zero-order valence-corrected chi connectivity index (χ0v) is 12.5. The van der Waals surface area contributed by atoms with Gasteiger partial charge in [0, 0.05) is 11.1 Å². The molecule has 0 spiro atoms. The average molecular weight is 316 g/mol. The lowest BCUT2D eigenvalue weighted by molar-refractivity contribution is 0.0651. The number of fused-ring (bicyclic) bond motifs is 1. The van der Waals surface area contributed by atoms with Crippen molar-refractivity contribution in [2.45, 2.75) is 0 Å². The van der Waals surface area contributed by atoms with E-state index in [2.05, 4.69) is 11.8 Å². The minimum absolute atomic E-state index is 0.251. The number of benzene rings is 3. The fourth-order valence-electron chi connectivity index (χ4n) is 2.40. The summed E-state index contributed by atoms with van der Waals surface area (Å²) in [6, 6.07) is 17.8. The summed E-state index contributed by atoms with van der Waals surface area (Å²) in [5.74, 6) is 3.29. The smallest absolute Gasteiger partial charge is 0.336 e. The summed E-state index contributed by atoms with van der Waals surface area (Å²) < 4.78 is 0. The molecule has 0 aromatic heterocycles. The highest BCUT2D eigenvalue weighted by Gasteiger charge is 2.15. The third-order valence-corrected chi connectivity index (χ3v) is 3.58. The summed E-state index contributed by atoms with van der Waals surface area (Å²) in [6.07, 6.45) is 0. The van der Waals surface area contributed by atoms with E-state index in [1.165, 1.54) is 18.2 Å². The average Bonchev–Trinajstić information content (AvgIpc) is 2.59. The third kappa shape index (κ3) is 3.11. The van der Waals surface area contributed by atoms with Crippen LogP contribution >= 0.6 is 0 Å². The molecule has 0 radical (unpaired) electrons. The van der Waals surface area contributed by atoms with E-state index in [1.807, 2.05) is 42.5 Å². The molecule has 0 amide bonds. The van der Waals surface area contributed by atoms with E-state index < -0.39 is 11.9 Å². The van der Waals surface area contributed by atoms with Crippen LogP contribution in [0.2, 0.25) is 0 Å². The molecule has 0 aliphatic rings. The lowest BCUT2D eigenvalue weighted by Crippen LogP contribution is -2.08. The summed E-state index contributed by atoms with van der Waals surface area (Å²) in [7, 11) is 0. The van der Waals surface area contributed by atoms with E-state index >= 15 is 0 Å². The first-order valence-corrected chi connectivity index (χ1v) is 7.16. The van der Waals surface area contributed by atoms with E-state index in [0.29, 0.717) is 5.56 Å². The monoisotopic (exact) mass is 316 g/mol. The molecular formula is C20H12O4. The van der Waals surface area contributed by atoms with Crippen LogP contribution in [0.3, 0.4) is 0 Å². The molecule has 0 aliphatic carbocycles. The summed E-state index contributed by atoms with van der Waals surface area (Å²) in [5.41, 5.74) is 0.727. The molecule has 3 aromatic rings. The Kier molecular flexibility index (Phi) is 4.00. The Morgan fingerprint density at radius 3 is 1.92 bits per heavy atom. The fraction of sp³-hybridized carbons (Fsp3) is 0. The van der Waals surface area contributed by atoms with Crippen molar-refractivity contribution in [1.29, 1.82) is 0 Å². The van der Waals surface area contributed by atoms with Crippen LogP contribution in [-0.4, -0.2) is 22.2 Å². The van der Waals surface area contributed by atoms with Gasteiger partial charge in [0.1, 0.15) is 0 Å². The molecule has 3 rings (SSSR count). The Morgan fingerprint density at radius 1 is 0.667 bits per heavy atom. The Bertz CT molecular complexity index is 1020. The zero-order valence-electron chi connectivity index (χ0n) is 12.5. The normalized spacial score (nSPS) is 10.0. The number of rotatable bonds is 2. The number of aromatic carboxylic acids is 2. The Morgan fingerprint density at radius 2 is 1.25 bits per heavy atom. The predicted octanol–water partition coefficient (Wildman–Crippen LogP) is 3.64. The van der Waals surface area contributed by atoms with Gasteiger partial charge in [0.25, 0.3) is 0 Å². The lowest BCUT2D eigenvalue weighted by atomic mass is 10.0. The van der Waals surface area contributed by atoms with Gasteiger partial charge in [-0.1, -0.05) is 42.2 Å². The van der Waals surface area contributed by atoms with E-state index in [-0.39, 0.29) is 11.1 Å². The number of carboxylic acid groups (broad SMARTS) is 2. The second kappa shape index (κ2) is 6.27. The van der Waals surface area contributed by atoms with E-state index in [9.17, 15) is 9.59 Å². The molecule has 0 saturated heterocycles. The minimum Gasteiger partial charge on any atom is -0.478 e. The number of carbonyl (C=O) groups is 2. The SMILES string of the molecule is O=C(O)c1ccc(C#Cc2ccc3ccccc3c2)cc1C(=O)O.